The average Bonchev–Trinajstić information content (AvgIpc) is 2.27. The van der Waals surface area contributed by atoms with Crippen molar-refractivity contribution in [1.29, 1.82) is 0 Å². The fourth-order valence-corrected chi connectivity index (χ4v) is 1.41. The zero-order chi connectivity index (χ0) is 13.0. The molecule has 0 saturated carbocycles. The second kappa shape index (κ2) is 5.86. The summed E-state index contributed by atoms with van der Waals surface area (Å²) < 4.78 is 42.9. The van der Waals surface area contributed by atoms with Gasteiger partial charge in [-0.15, -0.1) is 11.6 Å². The molecule has 17 heavy (non-hydrogen) atoms. The minimum absolute atomic E-state index is 0.0902. The number of methoxy groups -OCH3 is 1. The van der Waals surface area contributed by atoms with E-state index in [2.05, 4.69) is 9.72 Å². The molecule has 3 nitrogen and oxygen atoms in total. The minimum Gasteiger partial charge on any atom is -0.469 e. The first-order chi connectivity index (χ1) is 7.99. The number of pyridine rings is 1. The average molecular weight is 268 g/mol. The van der Waals surface area contributed by atoms with Crippen LogP contribution in [0.1, 0.15) is 23.4 Å². The molecule has 1 heterocycles. The van der Waals surface area contributed by atoms with E-state index in [1.807, 2.05) is 0 Å². The van der Waals surface area contributed by atoms with Gasteiger partial charge in [-0.05, 0) is 6.07 Å². The summed E-state index contributed by atoms with van der Waals surface area (Å²) >= 11 is 5.44. The van der Waals surface area contributed by atoms with E-state index in [1.54, 1.807) is 0 Å². The molecule has 0 unspecified atom stereocenters. The van der Waals surface area contributed by atoms with E-state index in [0.717, 1.165) is 13.2 Å². The van der Waals surface area contributed by atoms with Gasteiger partial charge in [-0.3, -0.25) is 9.78 Å². The van der Waals surface area contributed by atoms with Crippen molar-refractivity contribution in [2.45, 2.75) is 18.7 Å². The molecule has 0 aliphatic carbocycles. The third kappa shape index (κ3) is 3.33. The largest absolute Gasteiger partial charge is 0.469 e. The molecule has 0 atom stereocenters. The first-order valence-electron chi connectivity index (χ1n) is 4.58. The quantitative estimate of drug-likeness (QED) is 0.622. The lowest BCUT2D eigenvalue weighted by Crippen LogP contribution is -2.12. The van der Waals surface area contributed by atoms with Crippen LogP contribution in [0.15, 0.2) is 6.07 Å². The maximum atomic E-state index is 13.4. The number of halogens is 4. The van der Waals surface area contributed by atoms with Crippen molar-refractivity contribution in [1.82, 2.24) is 4.98 Å². The molecular formula is C10H9ClF3NO2. The third-order valence-corrected chi connectivity index (χ3v) is 2.31. The third-order valence-electron chi connectivity index (χ3n) is 2.03. The molecule has 0 amide bonds. The van der Waals surface area contributed by atoms with Gasteiger partial charge in [0.05, 0.1) is 36.4 Å². The number of hydrogen-bond acceptors (Lipinski definition) is 3. The Bertz CT molecular complexity index is 426. The van der Waals surface area contributed by atoms with Crippen molar-refractivity contribution in [3.05, 3.63) is 28.8 Å². The summed E-state index contributed by atoms with van der Waals surface area (Å²) in [5.41, 5.74) is -1.14. The van der Waals surface area contributed by atoms with Gasteiger partial charge in [0.1, 0.15) is 5.82 Å². The van der Waals surface area contributed by atoms with Crippen LogP contribution >= 0.6 is 11.6 Å². The van der Waals surface area contributed by atoms with Crippen molar-refractivity contribution in [2.75, 3.05) is 7.11 Å². The van der Waals surface area contributed by atoms with E-state index in [4.69, 9.17) is 11.6 Å². The summed E-state index contributed by atoms with van der Waals surface area (Å²) in [4.78, 5) is 14.7. The van der Waals surface area contributed by atoms with Gasteiger partial charge in [0, 0.05) is 0 Å². The fraction of sp³-hybridized carbons (Fsp3) is 0.400. The molecule has 7 heteroatoms. The van der Waals surface area contributed by atoms with Crippen LogP contribution in [0.25, 0.3) is 0 Å². The Labute approximate surface area is 101 Å². The molecule has 1 aromatic rings. The minimum atomic E-state index is -3.05. The predicted octanol–water partition coefficient (Wildman–Crippen LogP) is 2.61. The van der Waals surface area contributed by atoms with Crippen LogP contribution in [0.4, 0.5) is 13.2 Å². The van der Waals surface area contributed by atoms with E-state index >= 15 is 0 Å². The number of aromatic nitrogens is 1. The van der Waals surface area contributed by atoms with Crippen LogP contribution in [-0.4, -0.2) is 18.1 Å². The van der Waals surface area contributed by atoms with E-state index < -0.39 is 30.2 Å². The summed E-state index contributed by atoms with van der Waals surface area (Å²) in [5, 5.41) is 0. The first-order valence-corrected chi connectivity index (χ1v) is 5.12. The number of carbonyl (C=O) groups excluding carboxylic acids is 1. The highest BCUT2D eigenvalue weighted by Gasteiger charge is 2.22. The lowest BCUT2D eigenvalue weighted by atomic mass is 10.1. The van der Waals surface area contributed by atoms with Gasteiger partial charge in [0.25, 0.3) is 6.43 Å². The number of carbonyl (C=O) groups is 1. The topological polar surface area (TPSA) is 39.2 Å². The molecule has 0 aliphatic rings. The van der Waals surface area contributed by atoms with E-state index in [0.29, 0.717) is 0 Å². The number of esters is 1. The zero-order valence-electron chi connectivity index (χ0n) is 8.84. The molecular weight excluding hydrogens is 259 g/mol. The van der Waals surface area contributed by atoms with Gasteiger partial charge in [0.15, 0.2) is 0 Å². The first kappa shape index (κ1) is 13.8. The Morgan fingerprint density at radius 3 is 2.71 bits per heavy atom. The van der Waals surface area contributed by atoms with E-state index in [9.17, 15) is 18.0 Å². The Hall–Kier alpha value is -1.30. The molecule has 0 saturated heterocycles. The van der Waals surface area contributed by atoms with E-state index in [1.165, 1.54) is 0 Å². The van der Waals surface area contributed by atoms with Gasteiger partial charge < -0.3 is 4.74 Å². The van der Waals surface area contributed by atoms with Crippen LogP contribution in [-0.2, 0) is 21.8 Å². The molecule has 1 rings (SSSR count). The SMILES string of the molecule is COC(=O)Cc1nc(CCl)cc(F)c1C(F)F. The number of alkyl halides is 3. The Morgan fingerprint density at radius 2 is 2.24 bits per heavy atom. The number of nitrogens with zero attached hydrogens (tertiary/aromatic N) is 1. The van der Waals surface area contributed by atoms with Crippen LogP contribution in [0.2, 0.25) is 0 Å². The second-order valence-electron chi connectivity index (χ2n) is 3.14. The number of rotatable bonds is 4. The molecule has 0 aromatic carbocycles. The van der Waals surface area contributed by atoms with Crippen molar-refractivity contribution >= 4 is 17.6 Å². The fourth-order valence-electron chi connectivity index (χ4n) is 1.27. The highest BCUT2D eigenvalue weighted by atomic mass is 35.5. The monoisotopic (exact) mass is 267 g/mol. The summed E-state index contributed by atoms with van der Waals surface area (Å²) in [6.45, 7) is 0. The van der Waals surface area contributed by atoms with Crippen molar-refractivity contribution < 1.29 is 22.7 Å². The van der Waals surface area contributed by atoms with Gasteiger partial charge in [-0.2, -0.15) is 0 Å². The molecule has 0 aliphatic heterocycles. The van der Waals surface area contributed by atoms with Gasteiger partial charge in [-0.25, -0.2) is 13.2 Å². The van der Waals surface area contributed by atoms with Crippen molar-refractivity contribution in [2.24, 2.45) is 0 Å². The van der Waals surface area contributed by atoms with Gasteiger partial charge in [-0.1, -0.05) is 0 Å². The maximum Gasteiger partial charge on any atom is 0.311 e. The second-order valence-corrected chi connectivity index (χ2v) is 3.41. The predicted molar refractivity (Wildman–Crippen MR) is 54.4 cm³/mol. The summed E-state index contributed by atoms with van der Waals surface area (Å²) in [6, 6.07) is 0.829. The highest BCUT2D eigenvalue weighted by Crippen LogP contribution is 2.26. The van der Waals surface area contributed by atoms with Crippen molar-refractivity contribution in [3.63, 3.8) is 0 Å². The Balaban J connectivity index is 3.22. The summed E-state index contributed by atoms with van der Waals surface area (Å²) in [7, 11) is 1.10. The van der Waals surface area contributed by atoms with Crippen molar-refractivity contribution in [3.8, 4) is 0 Å². The molecule has 1 aromatic heterocycles. The molecule has 0 bridgehead atoms. The zero-order valence-corrected chi connectivity index (χ0v) is 9.60. The smallest absolute Gasteiger partial charge is 0.311 e. The Kier molecular flexibility index (Phi) is 4.74. The standard InChI is InChI=1S/C10H9ClF3NO2/c1-17-8(16)3-7-9(10(13)14)6(12)2-5(4-11)15-7/h2,10H,3-4H2,1H3. The number of hydrogen-bond donors (Lipinski definition) is 0. The molecule has 0 spiro atoms. The molecule has 94 valence electrons. The van der Waals surface area contributed by atoms with Crippen LogP contribution in [0, 0.1) is 5.82 Å². The van der Waals surface area contributed by atoms with Crippen LogP contribution in [0.3, 0.4) is 0 Å². The molecule has 0 radical (unpaired) electrons. The lowest BCUT2D eigenvalue weighted by Gasteiger charge is -2.10. The lowest BCUT2D eigenvalue weighted by molar-refractivity contribution is -0.139. The molecule has 0 N–H and O–H groups in total. The van der Waals surface area contributed by atoms with E-state index in [-0.39, 0.29) is 17.3 Å². The van der Waals surface area contributed by atoms with Crippen LogP contribution in [0.5, 0.6) is 0 Å². The van der Waals surface area contributed by atoms with Crippen LogP contribution < -0.4 is 0 Å². The maximum absolute atomic E-state index is 13.4. The normalized spacial score (nSPS) is 10.7. The van der Waals surface area contributed by atoms with Gasteiger partial charge in [0.2, 0.25) is 0 Å². The highest BCUT2D eigenvalue weighted by molar-refractivity contribution is 6.16. The summed E-state index contributed by atoms with van der Waals surface area (Å²) in [6.07, 6.45) is -3.57. The van der Waals surface area contributed by atoms with Gasteiger partial charge >= 0.3 is 5.97 Å². The Morgan fingerprint density at radius 1 is 1.59 bits per heavy atom. The number of ether oxygens (including phenoxy) is 1. The summed E-state index contributed by atoms with van der Waals surface area (Å²) in [5.74, 6) is -2.02. The molecule has 0 fully saturated rings.